The fourth-order valence-corrected chi connectivity index (χ4v) is 3.72. The van der Waals surface area contributed by atoms with Crippen LogP contribution in [0.4, 0.5) is 0 Å². The summed E-state index contributed by atoms with van der Waals surface area (Å²) in [4.78, 5) is 19.9. The molecule has 2 aliphatic rings. The standard InChI is InChI=1S/C19H29N3O/c1-20-13-15-21(16-14-20)12-10-18-9-5-6-11-22(18)19(23)17-7-3-2-4-8-17/h2-4,7-8,18H,5-6,9-16H2,1H3. The summed E-state index contributed by atoms with van der Waals surface area (Å²) in [7, 11) is 2.19. The number of piperazine rings is 1. The quantitative estimate of drug-likeness (QED) is 0.853. The number of likely N-dealkylation sites (tertiary alicyclic amines) is 1. The molecule has 0 saturated carbocycles. The van der Waals surface area contributed by atoms with Gasteiger partial charge in [-0.2, -0.15) is 0 Å². The van der Waals surface area contributed by atoms with Crippen LogP contribution >= 0.6 is 0 Å². The van der Waals surface area contributed by atoms with Crippen molar-refractivity contribution >= 4 is 5.91 Å². The van der Waals surface area contributed by atoms with Crippen molar-refractivity contribution in [2.45, 2.75) is 31.7 Å². The molecule has 0 radical (unpaired) electrons. The van der Waals surface area contributed by atoms with Crippen LogP contribution in [0.1, 0.15) is 36.0 Å². The average Bonchev–Trinajstić information content (AvgIpc) is 2.62. The number of amides is 1. The van der Waals surface area contributed by atoms with E-state index in [0.717, 1.165) is 64.1 Å². The SMILES string of the molecule is CN1CCN(CCC2CCCCN2C(=O)c2ccccc2)CC1. The highest BCUT2D eigenvalue weighted by atomic mass is 16.2. The van der Waals surface area contributed by atoms with Crippen LogP contribution in [0.2, 0.25) is 0 Å². The molecule has 4 nitrogen and oxygen atoms in total. The molecule has 0 spiro atoms. The summed E-state index contributed by atoms with van der Waals surface area (Å²) in [5.41, 5.74) is 0.832. The Balaban J connectivity index is 1.57. The summed E-state index contributed by atoms with van der Waals surface area (Å²) in [6.45, 7) is 6.69. The van der Waals surface area contributed by atoms with Crippen LogP contribution in [0.3, 0.4) is 0 Å². The van der Waals surface area contributed by atoms with E-state index in [0.29, 0.717) is 6.04 Å². The number of piperidine rings is 1. The normalized spacial score (nSPS) is 23.9. The van der Waals surface area contributed by atoms with E-state index >= 15 is 0 Å². The lowest BCUT2D eigenvalue weighted by Crippen LogP contribution is -2.48. The lowest BCUT2D eigenvalue weighted by atomic mass is 9.97. The van der Waals surface area contributed by atoms with Gasteiger partial charge in [-0.1, -0.05) is 18.2 Å². The number of carbonyl (C=O) groups excluding carboxylic acids is 1. The van der Waals surface area contributed by atoms with E-state index in [4.69, 9.17) is 0 Å². The first-order chi connectivity index (χ1) is 11.2. The van der Waals surface area contributed by atoms with Crippen molar-refractivity contribution in [3.63, 3.8) is 0 Å². The van der Waals surface area contributed by atoms with Crippen LogP contribution in [0.25, 0.3) is 0 Å². The molecular weight excluding hydrogens is 286 g/mol. The molecule has 1 atom stereocenters. The predicted octanol–water partition coefficient (Wildman–Crippen LogP) is 2.32. The van der Waals surface area contributed by atoms with Crippen molar-refractivity contribution in [1.82, 2.24) is 14.7 Å². The molecule has 4 heteroatoms. The first kappa shape index (κ1) is 16.5. The molecule has 23 heavy (non-hydrogen) atoms. The topological polar surface area (TPSA) is 26.8 Å². The first-order valence-corrected chi connectivity index (χ1v) is 9.01. The maximum absolute atomic E-state index is 12.8. The number of benzene rings is 1. The van der Waals surface area contributed by atoms with E-state index in [2.05, 4.69) is 21.7 Å². The number of hydrogen-bond donors (Lipinski definition) is 0. The Morgan fingerprint density at radius 3 is 2.52 bits per heavy atom. The molecule has 0 bridgehead atoms. The van der Waals surface area contributed by atoms with Crippen LogP contribution in [0.5, 0.6) is 0 Å². The highest BCUT2D eigenvalue weighted by Crippen LogP contribution is 2.22. The molecule has 1 aromatic carbocycles. The van der Waals surface area contributed by atoms with Crippen molar-refractivity contribution in [2.24, 2.45) is 0 Å². The first-order valence-electron chi connectivity index (χ1n) is 9.01. The summed E-state index contributed by atoms with van der Waals surface area (Å²) in [6.07, 6.45) is 4.67. The minimum absolute atomic E-state index is 0.216. The number of rotatable bonds is 4. The van der Waals surface area contributed by atoms with Crippen LogP contribution in [0.15, 0.2) is 30.3 Å². The van der Waals surface area contributed by atoms with E-state index in [-0.39, 0.29) is 5.91 Å². The molecule has 2 saturated heterocycles. The van der Waals surface area contributed by atoms with Gasteiger partial charge in [0.2, 0.25) is 0 Å². The van der Waals surface area contributed by atoms with E-state index in [9.17, 15) is 4.79 Å². The van der Waals surface area contributed by atoms with Gasteiger partial charge in [0.25, 0.3) is 5.91 Å². The lowest BCUT2D eigenvalue weighted by molar-refractivity contribution is 0.0570. The van der Waals surface area contributed by atoms with Gasteiger partial charge in [-0.15, -0.1) is 0 Å². The van der Waals surface area contributed by atoms with Crippen LogP contribution in [0, 0.1) is 0 Å². The van der Waals surface area contributed by atoms with Gasteiger partial charge in [0, 0.05) is 50.9 Å². The second-order valence-electron chi connectivity index (χ2n) is 6.95. The fourth-order valence-electron chi connectivity index (χ4n) is 3.72. The summed E-state index contributed by atoms with van der Waals surface area (Å²) < 4.78 is 0. The second kappa shape index (κ2) is 7.93. The zero-order chi connectivity index (χ0) is 16.1. The second-order valence-corrected chi connectivity index (χ2v) is 6.95. The van der Waals surface area contributed by atoms with Crippen LogP contribution in [-0.2, 0) is 0 Å². The molecule has 1 aromatic rings. The summed E-state index contributed by atoms with van der Waals surface area (Å²) >= 11 is 0. The highest BCUT2D eigenvalue weighted by Gasteiger charge is 2.27. The molecule has 3 rings (SSSR count). The third-order valence-corrected chi connectivity index (χ3v) is 5.28. The Labute approximate surface area is 140 Å². The van der Waals surface area contributed by atoms with Gasteiger partial charge in [0.05, 0.1) is 0 Å². The maximum Gasteiger partial charge on any atom is 0.254 e. The Morgan fingerprint density at radius 1 is 1.04 bits per heavy atom. The van der Waals surface area contributed by atoms with E-state index in [1.54, 1.807) is 0 Å². The number of hydrogen-bond acceptors (Lipinski definition) is 3. The predicted molar refractivity (Wildman–Crippen MR) is 93.7 cm³/mol. The van der Waals surface area contributed by atoms with Gasteiger partial charge < -0.3 is 14.7 Å². The molecule has 2 aliphatic heterocycles. The Kier molecular flexibility index (Phi) is 5.68. The number of likely N-dealkylation sites (N-methyl/N-ethyl adjacent to an activating group) is 1. The summed E-state index contributed by atoms with van der Waals surface area (Å²) in [5, 5.41) is 0. The summed E-state index contributed by atoms with van der Waals surface area (Å²) in [6, 6.07) is 10.2. The molecule has 0 aliphatic carbocycles. The zero-order valence-corrected chi connectivity index (χ0v) is 14.3. The van der Waals surface area contributed by atoms with Crippen molar-refractivity contribution in [3.8, 4) is 0 Å². The van der Waals surface area contributed by atoms with Gasteiger partial charge in [-0.3, -0.25) is 4.79 Å². The van der Waals surface area contributed by atoms with Crippen LogP contribution in [-0.4, -0.2) is 73.0 Å². The minimum atomic E-state index is 0.216. The van der Waals surface area contributed by atoms with Gasteiger partial charge in [-0.05, 0) is 44.9 Å². The molecule has 0 aromatic heterocycles. The van der Waals surface area contributed by atoms with Gasteiger partial charge in [-0.25, -0.2) is 0 Å². The third kappa shape index (κ3) is 4.33. The molecular formula is C19H29N3O. The fraction of sp³-hybridized carbons (Fsp3) is 0.632. The molecule has 1 amide bonds. The van der Waals surface area contributed by atoms with E-state index in [1.807, 2.05) is 30.3 Å². The maximum atomic E-state index is 12.8. The Bertz CT molecular complexity index is 497. The van der Waals surface area contributed by atoms with Gasteiger partial charge in [0.15, 0.2) is 0 Å². The zero-order valence-electron chi connectivity index (χ0n) is 14.3. The molecule has 2 fully saturated rings. The van der Waals surface area contributed by atoms with Gasteiger partial charge in [0.1, 0.15) is 0 Å². The molecule has 2 heterocycles. The molecule has 1 unspecified atom stereocenters. The highest BCUT2D eigenvalue weighted by molar-refractivity contribution is 5.94. The average molecular weight is 315 g/mol. The lowest BCUT2D eigenvalue weighted by Gasteiger charge is -2.38. The third-order valence-electron chi connectivity index (χ3n) is 5.28. The monoisotopic (exact) mass is 315 g/mol. The van der Waals surface area contributed by atoms with Crippen molar-refractivity contribution in [3.05, 3.63) is 35.9 Å². The largest absolute Gasteiger partial charge is 0.336 e. The molecule has 0 N–H and O–H groups in total. The Hall–Kier alpha value is -1.39. The van der Waals surface area contributed by atoms with Crippen LogP contribution < -0.4 is 0 Å². The van der Waals surface area contributed by atoms with Crippen molar-refractivity contribution < 1.29 is 4.79 Å². The number of nitrogens with zero attached hydrogens (tertiary/aromatic N) is 3. The van der Waals surface area contributed by atoms with Crippen molar-refractivity contribution in [2.75, 3.05) is 46.3 Å². The smallest absolute Gasteiger partial charge is 0.254 e. The number of carbonyl (C=O) groups is 1. The summed E-state index contributed by atoms with van der Waals surface area (Å²) in [5.74, 6) is 0.216. The molecule has 126 valence electrons. The van der Waals surface area contributed by atoms with E-state index < -0.39 is 0 Å². The van der Waals surface area contributed by atoms with Crippen molar-refractivity contribution in [1.29, 1.82) is 0 Å². The minimum Gasteiger partial charge on any atom is -0.336 e. The Morgan fingerprint density at radius 2 is 1.78 bits per heavy atom. The van der Waals surface area contributed by atoms with E-state index in [1.165, 1.54) is 6.42 Å². The van der Waals surface area contributed by atoms with Gasteiger partial charge >= 0.3 is 0 Å².